The first-order valence-electron chi connectivity index (χ1n) is 5.26. The fraction of sp³-hybridized carbons (Fsp3) is 0.900. The van der Waals surface area contributed by atoms with Crippen LogP contribution in [0.5, 0.6) is 0 Å². The third-order valence-corrected chi connectivity index (χ3v) is 2.76. The molecule has 5 nitrogen and oxygen atoms in total. The minimum atomic E-state index is -0.831. The van der Waals surface area contributed by atoms with E-state index in [0.29, 0.717) is 12.8 Å². The van der Waals surface area contributed by atoms with Crippen molar-refractivity contribution in [2.75, 3.05) is 13.2 Å². The van der Waals surface area contributed by atoms with Crippen LogP contribution in [0.3, 0.4) is 0 Å². The van der Waals surface area contributed by atoms with Crippen LogP contribution >= 0.6 is 0 Å². The molecule has 5 heteroatoms. The number of carboxylic acid groups (broad SMARTS) is 1. The fourth-order valence-corrected chi connectivity index (χ4v) is 1.78. The maximum atomic E-state index is 10.7. The second-order valence-corrected chi connectivity index (χ2v) is 3.98. The monoisotopic (exact) mass is 218 g/mol. The molecule has 0 aliphatic heterocycles. The number of aliphatic hydroxyl groups excluding tert-OH is 2. The topological polar surface area (TPSA) is 87.0 Å². The number of hydrogen-bond acceptors (Lipinski definition) is 4. The minimum Gasteiger partial charge on any atom is -0.481 e. The van der Waals surface area contributed by atoms with Gasteiger partial charge < -0.3 is 20.1 Å². The Morgan fingerprint density at radius 3 is 2.40 bits per heavy atom. The number of rotatable bonds is 5. The molecular formula is C10H18O5. The SMILES string of the molecule is O=C(O)C1CCC(OCC(O)CO)CC1. The summed E-state index contributed by atoms with van der Waals surface area (Å²) in [6.45, 7) is -0.177. The lowest BCUT2D eigenvalue weighted by Crippen LogP contribution is -2.29. The Balaban J connectivity index is 2.17. The number of hydrogen-bond donors (Lipinski definition) is 3. The molecule has 0 radical (unpaired) electrons. The van der Waals surface area contributed by atoms with Gasteiger partial charge in [0.05, 0.1) is 25.2 Å². The highest BCUT2D eigenvalue weighted by atomic mass is 16.5. The third-order valence-electron chi connectivity index (χ3n) is 2.76. The Morgan fingerprint density at radius 1 is 1.33 bits per heavy atom. The van der Waals surface area contributed by atoms with Gasteiger partial charge >= 0.3 is 5.97 Å². The summed E-state index contributed by atoms with van der Waals surface area (Å²) in [4.78, 5) is 10.7. The molecule has 1 atom stereocenters. The summed E-state index contributed by atoms with van der Waals surface area (Å²) in [6.07, 6.45) is 1.90. The van der Waals surface area contributed by atoms with E-state index in [0.717, 1.165) is 12.8 Å². The molecule has 0 saturated heterocycles. The summed E-state index contributed by atoms with van der Waals surface area (Å²) in [7, 11) is 0. The van der Waals surface area contributed by atoms with Crippen molar-refractivity contribution in [3.63, 3.8) is 0 Å². The van der Waals surface area contributed by atoms with Gasteiger partial charge in [-0.1, -0.05) is 0 Å². The van der Waals surface area contributed by atoms with E-state index < -0.39 is 12.1 Å². The van der Waals surface area contributed by atoms with Crippen LogP contribution < -0.4 is 0 Å². The maximum absolute atomic E-state index is 10.7. The lowest BCUT2D eigenvalue weighted by atomic mass is 9.87. The minimum absolute atomic E-state index is 0.0294. The van der Waals surface area contributed by atoms with Gasteiger partial charge in [0.2, 0.25) is 0 Å². The average Bonchev–Trinajstić information content (AvgIpc) is 2.26. The number of carbonyl (C=O) groups is 1. The number of aliphatic hydroxyl groups is 2. The van der Waals surface area contributed by atoms with Crippen molar-refractivity contribution in [2.45, 2.75) is 37.9 Å². The van der Waals surface area contributed by atoms with Gasteiger partial charge in [-0.15, -0.1) is 0 Å². The van der Waals surface area contributed by atoms with Crippen LogP contribution in [-0.2, 0) is 9.53 Å². The smallest absolute Gasteiger partial charge is 0.306 e. The van der Waals surface area contributed by atoms with Crippen molar-refractivity contribution in [2.24, 2.45) is 5.92 Å². The Kier molecular flexibility index (Phi) is 5.01. The van der Waals surface area contributed by atoms with E-state index in [1.165, 1.54) is 0 Å². The quantitative estimate of drug-likeness (QED) is 0.604. The van der Waals surface area contributed by atoms with Gasteiger partial charge in [-0.2, -0.15) is 0 Å². The molecule has 3 N–H and O–H groups in total. The lowest BCUT2D eigenvalue weighted by Gasteiger charge is -2.26. The number of carboxylic acids is 1. The first-order chi connectivity index (χ1) is 7.13. The Labute approximate surface area is 88.7 Å². The predicted octanol–water partition coefficient (Wildman–Crippen LogP) is -0.000400. The molecule has 1 aliphatic carbocycles. The van der Waals surface area contributed by atoms with Gasteiger partial charge in [0.1, 0.15) is 6.10 Å². The first-order valence-corrected chi connectivity index (χ1v) is 5.26. The van der Waals surface area contributed by atoms with Crippen molar-refractivity contribution in [1.29, 1.82) is 0 Å². The maximum Gasteiger partial charge on any atom is 0.306 e. The normalized spacial score (nSPS) is 28.7. The molecule has 1 aliphatic rings. The molecule has 0 spiro atoms. The molecule has 0 aromatic heterocycles. The summed E-state index contributed by atoms with van der Waals surface area (Å²) in [6, 6.07) is 0. The predicted molar refractivity (Wildman–Crippen MR) is 52.4 cm³/mol. The molecule has 0 heterocycles. The van der Waals surface area contributed by atoms with Crippen LogP contribution in [0, 0.1) is 5.92 Å². The molecule has 1 unspecified atom stereocenters. The van der Waals surface area contributed by atoms with Crippen molar-refractivity contribution in [3.05, 3.63) is 0 Å². The molecule has 0 aromatic rings. The summed E-state index contributed by atoms with van der Waals surface area (Å²) >= 11 is 0. The van der Waals surface area contributed by atoms with E-state index in [4.69, 9.17) is 20.1 Å². The van der Waals surface area contributed by atoms with Gasteiger partial charge in [0.25, 0.3) is 0 Å². The van der Waals surface area contributed by atoms with E-state index >= 15 is 0 Å². The zero-order chi connectivity index (χ0) is 11.3. The summed E-state index contributed by atoms with van der Waals surface area (Å²) < 4.78 is 5.36. The number of aliphatic carboxylic acids is 1. The molecule has 1 fully saturated rings. The van der Waals surface area contributed by atoms with Gasteiger partial charge in [-0.3, -0.25) is 4.79 Å². The molecule has 1 saturated carbocycles. The van der Waals surface area contributed by atoms with Crippen LogP contribution in [0.1, 0.15) is 25.7 Å². The highest BCUT2D eigenvalue weighted by Crippen LogP contribution is 2.26. The van der Waals surface area contributed by atoms with Gasteiger partial charge in [0, 0.05) is 0 Å². The van der Waals surface area contributed by atoms with E-state index in [1.54, 1.807) is 0 Å². The molecule has 0 amide bonds. The van der Waals surface area contributed by atoms with E-state index in [9.17, 15) is 4.79 Å². The van der Waals surface area contributed by atoms with E-state index in [-0.39, 0.29) is 25.2 Å². The Bertz CT molecular complexity index is 198. The average molecular weight is 218 g/mol. The van der Waals surface area contributed by atoms with Crippen molar-refractivity contribution >= 4 is 5.97 Å². The highest BCUT2D eigenvalue weighted by molar-refractivity contribution is 5.69. The molecule has 15 heavy (non-hydrogen) atoms. The molecule has 0 aromatic carbocycles. The van der Waals surface area contributed by atoms with E-state index in [2.05, 4.69) is 0 Å². The summed E-state index contributed by atoms with van der Waals surface area (Å²) in [5, 5.41) is 26.4. The standard InChI is InChI=1S/C10H18O5/c11-5-8(12)6-15-9-3-1-7(2-4-9)10(13)14/h7-9,11-12H,1-6H2,(H,13,14). The summed E-state index contributed by atoms with van der Waals surface area (Å²) in [5.74, 6) is -0.976. The lowest BCUT2D eigenvalue weighted by molar-refractivity contribution is -0.144. The second kappa shape index (κ2) is 6.05. The zero-order valence-electron chi connectivity index (χ0n) is 8.63. The molecule has 1 rings (SSSR count). The molecular weight excluding hydrogens is 200 g/mol. The van der Waals surface area contributed by atoms with Gasteiger partial charge in [-0.05, 0) is 25.7 Å². The van der Waals surface area contributed by atoms with Crippen molar-refractivity contribution < 1.29 is 24.9 Å². The third kappa shape index (κ3) is 4.15. The largest absolute Gasteiger partial charge is 0.481 e. The van der Waals surface area contributed by atoms with Crippen LogP contribution in [-0.4, -0.2) is 46.7 Å². The second-order valence-electron chi connectivity index (χ2n) is 3.98. The van der Waals surface area contributed by atoms with Crippen molar-refractivity contribution in [3.8, 4) is 0 Å². The zero-order valence-corrected chi connectivity index (χ0v) is 8.63. The molecule has 88 valence electrons. The van der Waals surface area contributed by atoms with E-state index in [1.807, 2.05) is 0 Å². The molecule has 0 bridgehead atoms. The highest BCUT2D eigenvalue weighted by Gasteiger charge is 2.26. The van der Waals surface area contributed by atoms with Gasteiger partial charge in [-0.25, -0.2) is 0 Å². The summed E-state index contributed by atoms with van der Waals surface area (Å²) in [5.41, 5.74) is 0. The Morgan fingerprint density at radius 2 is 1.93 bits per heavy atom. The van der Waals surface area contributed by atoms with Crippen LogP contribution in [0.15, 0.2) is 0 Å². The van der Waals surface area contributed by atoms with Crippen LogP contribution in [0.4, 0.5) is 0 Å². The van der Waals surface area contributed by atoms with Crippen molar-refractivity contribution in [1.82, 2.24) is 0 Å². The number of ether oxygens (including phenoxy) is 1. The van der Waals surface area contributed by atoms with Gasteiger partial charge in [0.15, 0.2) is 0 Å². The van der Waals surface area contributed by atoms with Crippen LogP contribution in [0.2, 0.25) is 0 Å². The Hall–Kier alpha value is -0.650. The fourth-order valence-electron chi connectivity index (χ4n) is 1.78. The first kappa shape index (κ1) is 12.4. The van der Waals surface area contributed by atoms with Crippen LogP contribution in [0.25, 0.3) is 0 Å².